The SMILES string of the molecule is OCC(CO)(CCl)COc1ccc(Cl)cc1Cl. The van der Waals surface area contributed by atoms with Crippen LogP contribution in [0.3, 0.4) is 0 Å². The predicted octanol–water partition coefficient (Wildman–Crippen LogP) is 2.58. The van der Waals surface area contributed by atoms with Gasteiger partial charge in [0.1, 0.15) is 5.75 Å². The lowest BCUT2D eigenvalue weighted by Gasteiger charge is -2.27. The van der Waals surface area contributed by atoms with Crippen LogP contribution in [0.4, 0.5) is 0 Å². The summed E-state index contributed by atoms with van der Waals surface area (Å²) in [6.07, 6.45) is 0. The first-order valence-electron chi connectivity index (χ1n) is 4.92. The van der Waals surface area contributed by atoms with Crippen molar-refractivity contribution in [2.24, 2.45) is 5.41 Å². The molecule has 0 saturated heterocycles. The Morgan fingerprint density at radius 3 is 2.29 bits per heavy atom. The van der Waals surface area contributed by atoms with E-state index < -0.39 is 5.41 Å². The van der Waals surface area contributed by atoms with Crippen molar-refractivity contribution in [1.82, 2.24) is 0 Å². The third kappa shape index (κ3) is 3.90. The van der Waals surface area contributed by atoms with Gasteiger partial charge in [-0.2, -0.15) is 0 Å². The quantitative estimate of drug-likeness (QED) is 0.794. The van der Waals surface area contributed by atoms with Gasteiger partial charge < -0.3 is 14.9 Å². The first-order valence-corrected chi connectivity index (χ1v) is 6.21. The van der Waals surface area contributed by atoms with Crippen LogP contribution in [0.2, 0.25) is 10.0 Å². The fourth-order valence-corrected chi connectivity index (χ4v) is 1.80. The van der Waals surface area contributed by atoms with Gasteiger partial charge in [0, 0.05) is 10.9 Å². The zero-order chi connectivity index (χ0) is 12.9. The van der Waals surface area contributed by atoms with Gasteiger partial charge in [0.15, 0.2) is 0 Å². The van der Waals surface area contributed by atoms with Crippen LogP contribution in [0.15, 0.2) is 18.2 Å². The van der Waals surface area contributed by atoms with E-state index in [1.165, 1.54) is 0 Å². The molecule has 0 aliphatic rings. The van der Waals surface area contributed by atoms with Gasteiger partial charge in [0.2, 0.25) is 0 Å². The van der Waals surface area contributed by atoms with E-state index in [1.54, 1.807) is 18.2 Å². The number of hydrogen-bond donors (Lipinski definition) is 2. The fraction of sp³-hybridized carbons (Fsp3) is 0.455. The first-order chi connectivity index (χ1) is 8.06. The number of aliphatic hydroxyl groups is 2. The minimum absolute atomic E-state index is 0.0743. The normalized spacial score (nSPS) is 11.6. The van der Waals surface area contributed by atoms with E-state index in [4.69, 9.17) is 39.5 Å². The average Bonchev–Trinajstić information content (AvgIpc) is 2.33. The molecule has 0 heterocycles. The molecular weight excluding hydrogens is 286 g/mol. The van der Waals surface area contributed by atoms with E-state index in [0.717, 1.165) is 0 Å². The van der Waals surface area contributed by atoms with Crippen molar-refractivity contribution < 1.29 is 14.9 Å². The van der Waals surface area contributed by atoms with Crippen LogP contribution in [-0.2, 0) is 0 Å². The van der Waals surface area contributed by atoms with Crippen LogP contribution in [-0.4, -0.2) is 35.9 Å². The molecule has 0 aliphatic carbocycles. The van der Waals surface area contributed by atoms with E-state index >= 15 is 0 Å². The molecule has 0 bridgehead atoms. The summed E-state index contributed by atoms with van der Waals surface area (Å²) in [5, 5.41) is 19.3. The molecule has 0 radical (unpaired) electrons. The molecule has 3 nitrogen and oxygen atoms in total. The van der Waals surface area contributed by atoms with E-state index in [2.05, 4.69) is 0 Å². The van der Waals surface area contributed by atoms with Crippen LogP contribution < -0.4 is 4.74 Å². The molecule has 1 aromatic carbocycles. The number of halogens is 3. The van der Waals surface area contributed by atoms with E-state index in [0.29, 0.717) is 15.8 Å². The molecule has 0 spiro atoms. The topological polar surface area (TPSA) is 49.7 Å². The number of ether oxygens (including phenoxy) is 1. The summed E-state index contributed by atoms with van der Waals surface area (Å²) in [4.78, 5) is 0. The van der Waals surface area contributed by atoms with Gasteiger partial charge in [-0.25, -0.2) is 0 Å². The van der Waals surface area contributed by atoms with Crippen molar-refractivity contribution in [2.75, 3.05) is 25.7 Å². The lowest BCUT2D eigenvalue weighted by Crippen LogP contribution is -2.38. The average molecular weight is 300 g/mol. The van der Waals surface area contributed by atoms with Crippen LogP contribution in [0.5, 0.6) is 5.75 Å². The zero-order valence-electron chi connectivity index (χ0n) is 9.00. The Bertz CT molecular complexity index is 359. The number of benzene rings is 1. The predicted molar refractivity (Wildman–Crippen MR) is 69.3 cm³/mol. The molecule has 1 aromatic rings. The van der Waals surface area contributed by atoms with E-state index in [9.17, 15) is 10.2 Å². The zero-order valence-corrected chi connectivity index (χ0v) is 11.3. The highest BCUT2D eigenvalue weighted by molar-refractivity contribution is 6.35. The van der Waals surface area contributed by atoms with Crippen LogP contribution in [0.25, 0.3) is 0 Å². The number of aliphatic hydroxyl groups excluding tert-OH is 2. The highest BCUT2D eigenvalue weighted by Gasteiger charge is 2.29. The van der Waals surface area contributed by atoms with Crippen LogP contribution in [0, 0.1) is 5.41 Å². The summed E-state index contributed by atoms with van der Waals surface area (Å²) in [6.45, 7) is -0.457. The lowest BCUT2D eigenvalue weighted by molar-refractivity contribution is 0.0315. The Morgan fingerprint density at radius 1 is 1.18 bits per heavy atom. The third-order valence-corrected chi connectivity index (χ3v) is 3.48. The van der Waals surface area contributed by atoms with Crippen molar-refractivity contribution in [2.45, 2.75) is 0 Å². The second-order valence-corrected chi connectivity index (χ2v) is 4.92. The Balaban J connectivity index is 2.72. The van der Waals surface area contributed by atoms with Crippen molar-refractivity contribution in [3.05, 3.63) is 28.2 Å². The maximum Gasteiger partial charge on any atom is 0.138 e. The summed E-state index contributed by atoms with van der Waals surface area (Å²) in [5.74, 6) is 0.526. The van der Waals surface area contributed by atoms with Crippen molar-refractivity contribution in [3.8, 4) is 5.75 Å². The summed E-state index contributed by atoms with van der Waals surface area (Å²) in [5.41, 5.74) is -0.871. The largest absolute Gasteiger partial charge is 0.491 e. The minimum atomic E-state index is -0.871. The Morgan fingerprint density at radius 2 is 1.82 bits per heavy atom. The highest BCUT2D eigenvalue weighted by atomic mass is 35.5. The molecule has 6 heteroatoms. The number of hydrogen-bond acceptors (Lipinski definition) is 3. The second-order valence-electron chi connectivity index (χ2n) is 3.81. The lowest BCUT2D eigenvalue weighted by atomic mass is 9.94. The molecule has 96 valence electrons. The second kappa shape index (κ2) is 6.66. The van der Waals surface area contributed by atoms with Crippen molar-refractivity contribution in [1.29, 1.82) is 0 Å². The summed E-state index contributed by atoms with van der Waals surface area (Å²) >= 11 is 17.4. The highest BCUT2D eigenvalue weighted by Crippen LogP contribution is 2.29. The molecule has 17 heavy (non-hydrogen) atoms. The van der Waals surface area contributed by atoms with Gasteiger partial charge in [0.05, 0.1) is 30.3 Å². The van der Waals surface area contributed by atoms with Crippen molar-refractivity contribution >= 4 is 34.8 Å². The summed E-state index contributed by atoms with van der Waals surface area (Å²) in [7, 11) is 0. The molecule has 0 aromatic heterocycles. The smallest absolute Gasteiger partial charge is 0.138 e. The Kier molecular flexibility index (Phi) is 5.83. The fourth-order valence-electron chi connectivity index (χ4n) is 1.09. The molecule has 0 saturated carbocycles. The molecule has 0 unspecified atom stereocenters. The Hall–Kier alpha value is -0.190. The summed E-state index contributed by atoms with van der Waals surface area (Å²) in [6, 6.07) is 4.82. The molecule has 1 rings (SSSR count). The van der Waals surface area contributed by atoms with E-state index in [-0.39, 0.29) is 25.7 Å². The van der Waals surface area contributed by atoms with Gasteiger partial charge in [-0.1, -0.05) is 23.2 Å². The molecule has 0 amide bonds. The minimum Gasteiger partial charge on any atom is -0.491 e. The molecule has 0 fully saturated rings. The van der Waals surface area contributed by atoms with Crippen LogP contribution >= 0.6 is 34.8 Å². The Labute approximate surface area is 115 Å². The van der Waals surface area contributed by atoms with E-state index in [1.807, 2.05) is 0 Å². The summed E-state index contributed by atoms with van der Waals surface area (Å²) < 4.78 is 5.43. The molecular formula is C11H13Cl3O3. The monoisotopic (exact) mass is 298 g/mol. The maximum atomic E-state index is 9.19. The number of alkyl halides is 1. The van der Waals surface area contributed by atoms with Gasteiger partial charge in [-0.05, 0) is 18.2 Å². The van der Waals surface area contributed by atoms with Gasteiger partial charge >= 0.3 is 0 Å². The maximum absolute atomic E-state index is 9.19. The molecule has 0 aliphatic heterocycles. The molecule has 2 N–H and O–H groups in total. The molecule has 0 atom stereocenters. The standard InChI is InChI=1S/C11H13Cl3O3/c12-4-11(5-15,6-16)7-17-10-2-1-8(13)3-9(10)14/h1-3,15-16H,4-7H2. The first kappa shape index (κ1) is 14.9. The van der Waals surface area contributed by atoms with Gasteiger partial charge in [-0.3, -0.25) is 0 Å². The van der Waals surface area contributed by atoms with Crippen molar-refractivity contribution in [3.63, 3.8) is 0 Å². The number of rotatable bonds is 6. The van der Waals surface area contributed by atoms with Crippen LogP contribution in [0.1, 0.15) is 0 Å². The third-order valence-electron chi connectivity index (χ3n) is 2.38. The van der Waals surface area contributed by atoms with Gasteiger partial charge in [0.25, 0.3) is 0 Å². The van der Waals surface area contributed by atoms with Gasteiger partial charge in [-0.15, -0.1) is 11.6 Å².